The Bertz CT molecular complexity index is 1030. The number of rotatable bonds is 10. The van der Waals surface area contributed by atoms with Gasteiger partial charge in [0.15, 0.2) is 0 Å². The smallest absolute Gasteiger partial charge is 0.310 e. The second-order valence-corrected chi connectivity index (χ2v) is 9.03. The number of hydrogen-bond donors (Lipinski definition) is 1. The molecule has 1 aliphatic carbocycles. The highest BCUT2D eigenvalue weighted by Crippen LogP contribution is 2.38. The summed E-state index contributed by atoms with van der Waals surface area (Å²) in [7, 11) is 0. The molecule has 0 bridgehead atoms. The lowest BCUT2D eigenvalue weighted by atomic mass is 9.77. The molecule has 3 aromatic rings. The van der Waals surface area contributed by atoms with Gasteiger partial charge < -0.3 is 10.1 Å². The van der Waals surface area contributed by atoms with E-state index in [0.29, 0.717) is 12.1 Å². The number of hydrogen-bond acceptors (Lipinski definition) is 4. The molecule has 1 saturated carbocycles. The zero-order valence-electron chi connectivity index (χ0n) is 19.4. The van der Waals surface area contributed by atoms with E-state index in [-0.39, 0.29) is 24.4 Å². The molecular weight excluding hydrogens is 424 g/mol. The summed E-state index contributed by atoms with van der Waals surface area (Å²) < 4.78 is 5.79. The molecule has 5 nitrogen and oxygen atoms in total. The highest BCUT2D eigenvalue weighted by Gasteiger charge is 2.41. The molecule has 1 aliphatic rings. The van der Waals surface area contributed by atoms with E-state index >= 15 is 0 Å². The number of esters is 1. The first-order valence-electron chi connectivity index (χ1n) is 12.2. The topological polar surface area (TPSA) is 68.3 Å². The van der Waals surface area contributed by atoms with Crippen molar-refractivity contribution >= 4 is 17.6 Å². The molecule has 1 N–H and O–H groups in total. The molecule has 1 amide bonds. The van der Waals surface area contributed by atoms with Crippen LogP contribution in [0.1, 0.15) is 43.2 Å². The Hall–Kier alpha value is -3.47. The Balaban J connectivity index is 1.56. The number of nitrogens with zero attached hydrogens (tertiary/aromatic N) is 1. The van der Waals surface area contributed by atoms with Gasteiger partial charge in [-0.05, 0) is 54.9 Å². The van der Waals surface area contributed by atoms with Crippen LogP contribution >= 0.6 is 0 Å². The standard InChI is InChI=1S/C29H32N2O3/c32-28(31-25-16-9-19-30-20-25)27(24-14-7-8-15-24)26(18-17-22-10-3-1-4-11-22)29(33)34-21-23-12-5-2-6-13-23/h1-6,9-13,16,19-20,24,26-27H,7-8,14-15,17-18,21H2,(H,31,32). The Morgan fingerprint density at radius 3 is 2.24 bits per heavy atom. The van der Waals surface area contributed by atoms with E-state index in [2.05, 4.69) is 22.4 Å². The molecule has 4 rings (SSSR count). The number of nitrogens with one attached hydrogen (secondary N) is 1. The van der Waals surface area contributed by atoms with Crippen LogP contribution < -0.4 is 5.32 Å². The molecule has 5 heteroatoms. The number of aryl methyl sites for hydroxylation is 1. The number of aromatic nitrogens is 1. The summed E-state index contributed by atoms with van der Waals surface area (Å²) in [6.07, 6.45) is 8.69. The second-order valence-electron chi connectivity index (χ2n) is 9.03. The number of carbonyl (C=O) groups excluding carboxylic acids is 2. The minimum Gasteiger partial charge on any atom is -0.461 e. The fourth-order valence-corrected chi connectivity index (χ4v) is 4.95. The van der Waals surface area contributed by atoms with Gasteiger partial charge in [-0.15, -0.1) is 0 Å². The molecule has 2 unspecified atom stereocenters. The Morgan fingerprint density at radius 1 is 0.912 bits per heavy atom. The molecule has 0 aliphatic heterocycles. The first-order chi connectivity index (χ1) is 16.7. The van der Waals surface area contributed by atoms with Crippen molar-refractivity contribution in [3.05, 3.63) is 96.3 Å². The third-order valence-corrected chi connectivity index (χ3v) is 6.69. The van der Waals surface area contributed by atoms with Crippen LogP contribution in [0.15, 0.2) is 85.2 Å². The van der Waals surface area contributed by atoms with Crippen LogP contribution in [0.4, 0.5) is 5.69 Å². The Labute approximate surface area is 201 Å². The number of benzene rings is 2. The van der Waals surface area contributed by atoms with Crippen LogP contribution in [0.3, 0.4) is 0 Å². The van der Waals surface area contributed by atoms with Crippen LogP contribution in [0, 0.1) is 17.8 Å². The van der Waals surface area contributed by atoms with Crippen molar-refractivity contribution in [2.45, 2.75) is 45.1 Å². The lowest BCUT2D eigenvalue weighted by molar-refractivity contribution is -0.155. The van der Waals surface area contributed by atoms with E-state index in [9.17, 15) is 9.59 Å². The summed E-state index contributed by atoms with van der Waals surface area (Å²) in [5, 5.41) is 3.02. The van der Waals surface area contributed by atoms with Crippen molar-refractivity contribution in [3.63, 3.8) is 0 Å². The minimum atomic E-state index is -0.510. The van der Waals surface area contributed by atoms with E-state index in [0.717, 1.165) is 43.2 Å². The summed E-state index contributed by atoms with van der Waals surface area (Å²) in [4.78, 5) is 31.2. The van der Waals surface area contributed by atoms with Crippen LogP contribution in [0.2, 0.25) is 0 Å². The maximum Gasteiger partial charge on any atom is 0.310 e. The zero-order valence-corrected chi connectivity index (χ0v) is 19.4. The number of amides is 1. The van der Waals surface area contributed by atoms with Gasteiger partial charge in [0, 0.05) is 6.20 Å². The predicted octanol–water partition coefficient (Wildman–Crippen LogP) is 5.82. The van der Waals surface area contributed by atoms with Gasteiger partial charge in [0.2, 0.25) is 5.91 Å². The van der Waals surface area contributed by atoms with Gasteiger partial charge in [0.1, 0.15) is 6.61 Å². The van der Waals surface area contributed by atoms with Crippen molar-refractivity contribution in [3.8, 4) is 0 Å². The van der Waals surface area contributed by atoms with Crippen molar-refractivity contribution in [1.82, 2.24) is 4.98 Å². The summed E-state index contributed by atoms with van der Waals surface area (Å²) in [6, 6.07) is 23.4. The molecule has 2 atom stereocenters. The van der Waals surface area contributed by atoms with Gasteiger partial charge in [-0.3, -0.25) is 14.6 Å². The SMILES string of the molecule is O=C(OCc1ccccc1)C(CCc1ccccc1)C(C(=O)Nc1cccnc1)C1CCCC1. The molecule has 0 spiro atoms. The Morgan fingerprint density at radius 2 is 1.59 bits per heavy atom. The quantitative estimate of drug-likeness (QED) is 0.390. The van der Waals surface area contributed by atoms with Crippen LogP contribution in [0.5, 0.6) is 0 Å². The van der Waals surface area contributed by atoms with Gasteiger partial charge >= 0.3 is 5.97 Å². The molecule has 0 radical (unpaired) electrons. The highest BCUT2D eigenvalue weighted by molar-refractivity contribution is 5.95. The van der Waals surface area contributed by atoms with Crippen molar-refractivity contribution in [1.29, 1.82) is 0 Å². The van der Waals surface area contributed by atoms with Crippen molar-refractivity contribution < 1.29 is 14.3 Å². The molecular formula is C29H32N2O3. The third kappa shape index (κ3) is 6.53. The lowest BCUT2D eigenvalue weighted by Crippen LogP contribution is -2.39. The highest BCUT2D eigenvalue weighted by atomic mass is 16.5. The molecule has 1 heterocycles. The summed E-state index contributed by atoms with van der Waals surface area (Å²) in [6.45, 7) is 0.211. The molecule has 1 fully saturated rings. The van der Waals surface area contributed by atoms with E-state index in [1.165, 1.54) is 0 Å². The first kappa shape index (κ1) is 23.7. The zero-order chi connectivity index (χ0) is 23.6. The van der Waals surface area contributed by atoms with E-state index in [1.54, 1.807) is 18.5 Å². The predicted molar refractivity (Wildman–Crippen MR) is 133 cm³/mol. The number of ether oxygens (including phenoxy) is 1. The average molecular weight is 457 g/mol. The largest absolute Gasteiger partial charge is 0.461 e. The minimum absolute atomic E-state index is 0.116. The molecule has 2 aromatic carbocycles. The van der Waals surface area contributed by atoms with E-state index < -0.39 is 11.8 Å². The maximum absolute atomic E-state index is 13.6. The van der Waals surface area contributed by atoms with Gasteiger partial charge in [-0.25, -0.2) is 0 Å². The van der Waals surface area contributed by atoms with Gasteiger partial charge in [0.25, 0.3) is 0 Å². The fraction of sp³-hybridized carbons (Fsp3) is 0.345. The van der Waals surface area contributed by atoms with Gasteiger partial charge in [-0.2, -0.15) is 0 Å². The second kappa shape index (κ2) is 12.1. The third-order valence-electron chi connectivity index (χ3n) is 6.69. The molecule has 1 aromatic heterocycles. The molecule has 176 valence electrons. The molecule has 34 heavy (non-hydrogen) atoms. The summed E-state index contributed by atoms with van der Waals surface area (Å²) >= 11 is 0. The molecule has 0 saturated heterocycles. The number of carbonyl (C=O) groups is 2. The first-order valence-corrected chi connectivity index (χ1v) is 12.2. The summed E-state index contributed by atoms with van der Waals surface area (Å²) in [5.41, 5.74) is 2.74. The average Bonchev–Trinajstić information content (AvgIpc) is 3.41. The fourth-order valence-electron chi connectivity index (χ4n) is 4.95. The maximum atomic E-state index is 13.6. The van der Waals surface area contributed by atoms with Crippen molar-refractivity contribution in [2.75, 3.05) is 5.32 Å². The van der Waals surface area contributed by atoms with Crippen LogP contribution in [-0.4, -0.2) is 16.9 Å². The monoisotopic (exact) mass is 456 g/mol. The van der Waals surface area contributed by atoms with Gasteiger partial charge in [-0.1, -0.05) is 73.5 Å². The van der Waals surface area contributed by atoms with E-state index in [4.69, 9.17) is 4.74 Å². The van der Waals surface area contributed by atoms with E-state index in [1.807, 2.05) is 54.6 Å². The van der Waals surface area contributed by atoms with Gasteiger partial charge in [0.05, 0.1) is 23.7 Å². The van der Waals surface area contributed by atoms with Crippen LogP contribution in [-0.2, 0) is 27.4 Å². The normalized spacial score (nSPS) is 15.4. The number of pyridine rings is 1. The van der Waals surface area contributed by atoms with Crippen LogP contribution in [0.25, 0.3) is 0 Å². The lowest BCUT2D eigenvalue weighted by Gasteiger charge is -2.29. The number of anilines is 1. The Kier molecular flexibility index (Phi) is 8.44. The van der Waals surface area contributed by atoms with Crippen molar-refractivity contribution in [2.24, 2.45) is 17.8 Å². The summed E-state index contributed by atoms with van der Waals surface area (Å²) in [5.74, 6) is -1.19.